The topological polar surface area (TPSA) is 18.5 Å². The fraction of sp³-hybridized carbons (Fsp3) is 0.800. The number of rotatable bonds is 4. The molecule has 0 unspecified atom stereocenters. The molecule has 2 nitrogen and oxygen atoms in total. The van der Waals surface area contributed by atoms with Crippen molar-refractivity contribution in [3.8, 4) is 11.5 Å². The molecular weight excluding hydrogens is 180 g/mol. The maximum absolute atomic E-state index is 7.80. The van der Waals surface area contributed by atoms with Crippen molar-refractivity contribution in [3.63, 3.8) is 0 Å². The summed E-state index contributed by atoms with van der Waals surface area (Å²) in [6.45, 7) is 10.9. The molecule has 0 N–H and O–H groups in total. The number of ether oxygens (including phenoxy) is 2. The molecule has 76 valence electrons. The van der Waals surface area contributed by atoms with Gasteiger partial charge in [0.15, 0.2) is 0 Å². The van der Waals surface area contributed by atoms with Gasteiger partial charge in [0, 0.05) is 13.2 Å². The second-order valence-corrected chi connectivity index (χ2v) is 8.40. The summed E-state index contributed by atoms with van der Waals surface area (Å²) in [5, 5.41) is 0. The van der Waals surface area contributed by atoms with Gasteiger partial charge in [0.05, 0.1) is 0 Å². The molecule has 0 aliphatic heterocycles. The lowest BCUT2D eigenvalue weighted by Gasteiger charge is -2.11. The van der Waals surface area contributed by atoms with E-state index >= 15 is 0 Å². The highest BCUT2D eigenvalue weighted by molar-refractivity contribution is 6.83. The molecule has 0 aliphatic rings. The zero-order valence-corrected chi connectivity index (χ0v) is 10.2. The molecule has 0 spiro atoms. The maximum Gasteiger partial charge on any atom is 0.221 e. The summed E-state index contributed by atoms with van der Waals surface area (Å²) in [7, 11) is -1.47. The van der Waals surface area contributed by atoms with Crippen LogP contribution in [0.1, 0.15) is 15.2 Å². The summed E-state index contributed by atoms with van der Waals surface area (Å²) < 4.78 is 18.1. The zero-order valence-electron chi connectivity index (χ0n) is 10.2. The third-order valence-corrected chi connectivity index (χ3v) is 1.97. The molecule has 0 aromatic rings. The minimum atomic E-state index is -1.47. The lowest BCUT2D eigenvalue weighted by Crippen LogP contribution is -2.20. The van der Waals surface area contributed by atoms with Gasteiger partial charge in [-0.2, -0.15) is 0 Å². The van der Waals surface area contributed by atoms with Gasteiger partial charge in [0.2, 0.25) is 6.27 Å². The van der Waals surface area contributed by atoms with E-state index in [9.17, 15) is 0 Å². The third-order valence-electron chi connectivity index (χ3n) is 1.09. The fourth-order valence-electron chi connectivity index (χ4n) is 0.615. The van der Waals surface area contributed by atoms with E-state index in [1.54, 1.807) is 0 Å². The van der Waals surface area contributed by atoms with Crippen molar-refractivity contribution in [2.45, 2.75) is 39.8 Å². The summed E-state index contributed by atoms with van der Waals surface area (Å²) >= 11 is 0. The Kier molecular flexibility index (Phi) is 5.14. The van der Waals surface area contributed by atoms with Crippen LogP contribution in [0.2, 0.25) is 19.6 Å². The van der Waals surface area contributed by atoms with Crippen LogP contribution in [0.3, 0.4) is 0 Å². The van der Waals surface area contributed by atoms with E-state index in [1.165, 1.54) is 0 Å². The summed E-state index contributed by atoms with van der Waals surface area (Å²) in [5.74, 6) is 2.77. The van der Waals surface area contributed by atoms with Gasteiger partial charge in [-0.3, -0.25) is 0 Å². The Balaban J connectivity index is 4.55. The first-order chi connectivity index (χ1) is 6.33. The van der Waals surface area contributed by atoms with Gasteiger partial charge in [-0.1, -0.05) is 19.6 Å². The average molecular weight is 201 g/mol. The van der Waals surface area contributed by atoms with Gasteiger partial charge in [-0.25, -0.2) is 0 Å². The molecule has 0 rings (SSSR count). The SMILES string of the molecule is [2H]C(C#C[Si](C)(C)C)(OCC)OCC. The number of hydrogen-bond acceptors (Lipinski definition) is 2. The monoisotopic (exact) mass is 201 g/mol. The number of hydrogen-bond donors (Lipinski definition) is 0. The van der Waals surface area contributed by atoms with Crippen molar-refractivity contribution < 1.29 is 10.8 Å². The highest BCUT2D eigenvalue weighted by Gasteiger charge is 2.09. The van der Waals surface area contributed by atoms with E-state index in [0.717, 1.165) is 0 Å². The van der Waals surface area contributed by atoms with Gasteiger partial charge < -0.3 is 9.47 Å². The van der Waals surface area contributed by atoms with Gasteiger partial charge >= 0.3 is 0 Å². The van der Waals surface area contributed by atoms with Crippen molar-refractivity contribution in [1.29, 1.82) is 0 Å². The van der Waals surface area contributed by atoms with E-state index in [0.29, 0.717) is 13.2 Å². The predicted octanol–water partition coefficient (Wildman–Crippen LogP) is 2.27. The summed E-state index contributed by atoms with van der Waals surface area (Å²) in [6, 6.07) is 0. The lowest BCUT2D eigenvalue weighted by molar-refractivity contribution is -0.0969. The Labute approximate surface area is 84.0 Å². The largest absolute Gasteiger partial charge is 0.342 e. The molecule has 0 aromatic carbocycles. The van der Waals surface area contributed by atoms with E-state index in [4.69, 9.17) is 10.8 Å². The second-order valence-electron chi connectivity index (χ2n) is 3.65. The molecule has 0 bridgehead atoms. The zero-order chi connectivity index (χ0) is 11.2. The van der Waals surface area contributed by atoms with Crippen molar-refractivity contribution in [2.24, 2.45) is 0 Å². The predicted molar refractivity (Wildman–Crippen MR) is 58.2 cm³/mol. The molecule has 0 aliphatic carbocycles. The van der Waals surface area contributed by atoms with Crippen LogP contribution in [0.25, 0.3) is 0 Å². The molecule has 0 atom stereocenters. The van der Waals surface area contributed by atoms with Crippen molar-refractivity contribution in [1.82, 2.24) is 0 Å². The van der Waals surface area contributed by atoms with E-state index in [1.807, 2.05) is 13.8 Å². The lowest BCUT2D eigenvalue weighted by atomic mass is 10.6. The van der Waals surface area contributed by atoms with Crippen LogP contribution in [0.4, 0.5) is 0 Å². The summed E-state index contributed by atoms with van der Waals surface area (Å²) in [6.07, 6.45) is -1.47. The minimum absolute atomic E-state index is 0.434. The maximum atomic E-state index is 7.80. The van der Waals surface area contributed by atoms with E-state index in [2.05, 4.69) is 31.1 Å². The molecule has 0 aromatic heterocycles. The molecular formula is C10H20O2Si. The molecule has 0 fully saturated rings. The quantitative estimate of drug-likeness (QED) is 0.395. The first-order valence-electron chi connectivity index (χ1n) is 5.15. The fourth-order valence-corrected chi connectivity index (χ4v) is 1.09. The smallest absolute Gasteiger partial charge is 0.221 e. The molecule has 0 saturated heterocycles. The van der Waals surface area contributed by atoms with Crippen molar-refractivity contribution in [2.75, 3.05) is 13.2 Å². The first-order valence-corrected chi connectivity index (χ1v) is 8.15. The third kappa shape index (κ3) is 8.04. The van der Waals surface area contributed by atoms with Crippen LogP contribution in [0, 0.1) is 11.5 Å². The normalized spacial score (nSPS) is 13.2. The Morgan fingerprint density at radius 1 is 1.23 bits per heavy atom. The van der Waals surface area contributed by atoms with Crippen LogP contribution in [0.5, 0.6) is 0 Å². The van der Waals surface area contributed by atoms with Crippen LogP contribution < -0.4 is 0 Å². The Bertz CT molecular complexity index is 219. The molecule has 3 heteroatoms. The Morgan fingerprint density at radius 3 is 2.00 bits per heavy atom. The average Bonchev–Trinajstić information content (AvgIpc) is 2.01. The Hall–Kier alpha value is -0.303. The van der Waals surface area contributed by atoms with Gasteiger partial charge in [-0.15, -0.1) is 5.54 Å². The van der Waals surface area contributed by atoms with Crippen LogP contribution in [-0.2, 0) is 9.47 Å². The second kappa shape index (κ2) is 6.20. The Morgan fingerprint density at radius 2 is 1.69 bits per heavy atom. The van der Waals surface area contributed by atoms with E-state index in [-0.39, 0.29) is 0 Å². The standard InChI is InChI=1S/C10H20O2Si/c1-6-11-10(12-7-2)8-9-13(3,4)5/h10H,6-7H2,1-5H3/i10D. The van der Waals surface area contributed by atoms with Crippen molar-refractivity contribution >= 4 is 8.07 Å². The van der Waals surface area contributed by atoms with Crippen LogP contribution in [-0.4, -0.2) is 27.6 Å². The summed E-state index contributed by atoms with van der Waals surface area (Å²) in [4.78, 5) is 0. The molecule has 0 radical (unpaired) electrons. The summed E-state index contributed by atoms with van der Waals surface area (Å²) in [5.41, 5.74) is 3.08. The van der Waals surface area contributed by atoms with Crippen LogP contribution >= 0.6 is 0 Å². The first kappa shape index (κ1) is 10.8. The highest BCUT2D eigenvalue weighted by Crippen LogP contribution is 1.99. The van der Waals surface area contributed by atoms with Gasteiger partial charge in [0.1, 0.15) is 9.44 Å². The minimum Gasteiger partial charge on any atom is -0.342 e. The van der Waals surface area contributed by atoms with Crippen LogP contribution in [0.15, 0.2) is 0 Å². The molecule has 13 heavy (non-hydrogen) atoms. The molecule has 0 amide bonds. The van der Waals surface area contributed by atoms with Gasteiger partial charge in [-0.05, 0) is 19.8 Å². The van der Waals surface area contributed by atoms with Crippen molar-refractivity contribution in [3.05, 3.63) is 0 Å². The van der Waals surface area contributed by atoms with E-state index < -0.39 is 14.3 Å². The highest BCUT2D eigenvalue weighted by atomic mass is 28.3. The molecule has 0 heterocycles. The van der Waals surface area contributed by atoms with Gasteiger partial charge in [0.25, 0.3) is 0 Å². The molecule has 0 saturated carbocycles.